The fraction of sp³-hybridized carbons (Fsp3) is 0.316. The van der Waals surface area contributed by atoms with Gasteiger partial charge in [0.25, 0.3) is 11.6 Å². The normalized spacial score (nSPS) is 14.3. The van der Waals surface area contributed by atoms with E-state index in [2.05, 4.69) is 11.4 Å². The summed E-state index contributed by atoms with van der Waals surface area (Å²) >= 11 is 0. The highest BCUT2D eigenvalue weighted by atomic mass is 16.6. The second-order valence-corrected chi connectivity index (χ2v) is 6.19. The van der Waals surface area contributed by atoms with E-state index in [-0.39, 0.29) is 11.6 Å². The number of hydrogen-bond acceptors (Lipinski definition) is 4. The molecule has 0 saturated heterocycles. The molecular weight excluding hydrogens is 320 g/mol. The molecule has 0 aromatic heterocycles. The topological polar surface area (TPSA) is 81.5 Å². The van der Waals surface area contributed by atoms with Crippen molar-refractivity contribution in [3.63, 3.8) is 0 Å². The zero-order valence-electron chi connectivity index (χ0n) is 14.0. The molecule has 25 heavy (non-hydrogen) atoms. The van der Waals surface area contributed by atoms with Crippen LogP contribution in [0.1, 0.15) is 30.9 Å². The molecule has 0 radical (unpaired) electrons. The van der Waals surface area contributed by atoms with Crippen molar-refractivity contribution in [1.82, 2.24) is 0 Å². The van der Waals surface area contributed by atoms with Gasteiger partial charge in [-0.3, -0.25) is 14.9 Å². The number of nitro benzene ring substituents is 1. The van der Waals surface area contributed by atoms with E-state index >= 15 is 0 Å². The molecule has 1 N–H and O–H groups in total. The third kappa shape index (κ3) is 4.15. The van der Waals surface area contributed by atoms with Crippen molar-refractivity contribution in [3.8, 4) is 5.75 Å². The molecular formula is C19H20N2O4. The maximum absolute atomic E-state index is 12.3. The van der Waals surface area contributed by atoms with Crippen molar-refractivity contribution < 1.29 is 14.5 Å². The summed E-state index contributed by atoms with van der Waals surface area (Å²) in [5.41, 5.74) is 2.95. The highest BCUT2D eigenvalue weighted by Gasteiger charge is 2.17. The Morgan fingerprint density at radius 2 is 1.92 bits per heavy atom. The van der Waals surface area contributed by atoms with Gasteiger partial charge in [0.05, 0.1) is 4.92 Å². The minimum atomic E-state index is -0.707. The van der Waals surface area contributed by atoms with Gasteiger partial charge in [0.15, 0.2) is 6.10 Å². The van der Waals surface area contributed by atoms with Gasteiger partial charge in [-0.1, -0.05) is 12.1 Å². The monoisotopic (exact) mass is 340 g/mol. The third-order valence-electron chi connectivity index (χ3n) is 4.33. The summed E-state index contributed by atoms with van der Waals surface area (Å²) < 4.78 is 5.75. The number of hydrogen-bond donors (Lipinski definition) is 1. The molecule has 1 aliphatic carbocycles. The average Bonchev–Trinajstić information content (AvgIpc) is 2.61. The van der Waals surface area contributed by atoms with Crippen LogP contribution in [0.25, 0.3) is 0 Å². The number of carbonyl (C=O) groups is 1. The van der Waals surface area contributed by atoms with Crippen LogP contribution in [0.3, 0.4) is 0 Å². The lowest BCUT2D eigenvalue weighted by Gasteiger charge is -2.19. The van der Waals surface area contributed by atoms with Crippen molar-refractivity contribution in [3.05, 3.63) is 63.7 Å². The summed E-state index contributed by atoms with van der Waals surface area (Å²) in [7, 11) is 0. The maximum atomic E-state index is 12.3. The Kier molecular flexibility index (Phi) is 4.97. The first-order chi connectivity index (χ1) is 12.0. The molecule has 1 atom stereocenters. The minimum Gasteiger partial charge on any atom is -0.481 e. The van der Waals surface area contributed by atoms with E-state index in [4.69, 9.17) is 4.74 Å². The number of nitrogens with one attached hydrogen (secondary N) is 1. The van der Waals surface area contributed by atoms with Crippen LogP contribution < -0.4 is 10.1 Å². The molecule has 0 spiro atoms. The van der Waals surface area contributed by atoms with Crippen molar-refractivity contribution in [2.24, 2.45) is 0 Å². The lowest BCUT2D eigenvalue weighted by Crippen LogP contribution is -2.30. The Hall–Kier alpha value is -2.89. The second kappa shape index (κ2) is 7.34. The van der Waals surface area contributed by atoms with Crippen molar-refractivity contribution in [1.29, 1.82) is 0 Å². The van der Waals surface area contributed by atoms with Crippen LogP contribution in [-0.2, 0) is 17.6 Å². The Morgan fingerprint density at radius 3 is 2.68 bits per heavy atom. The molecule has 3 rings (SSSR count). The molecule has 2 aromatic rings. The number of nitrogens with zero attached hydrogens (tertiary/aromatic N) is 1. The van der Waals surface area contributed by atoms with Crippen LogP contribution >= 0.6 is 0 Å². The fourth-order valence-electron chi connectivity index (χ4n) is 2.98. The van der Waals surface area contributed by atoms with E-state index in [9.17, 15) is 14.9 Å². The van der Waals surface area contributed by atoms with Gasteiger partial charge in [0.2, 0.25) is 0 Å². The van der Waals surface area contributed by atoms with E-state index in [1.807, 2.05) is 12.1 Å². The number of benzene rings is 2. The van der Waals surface area contributed by atoms with Gasteiger partial charge in [0, 0.05) is 17.8 Å². The van der Waals surface area contributed by atoms with Gasteiger partial charge in [0.1, 0.15) is 5.75 Å². The molecule has 0 unspecified atom stereocenters. The summed E-state index contributed by atoms with van der Waals surface area (Å²) in [5, 5.41) is 13.5. The average molecular weight is 340 g/mol. The Labute approximate surface area is 146 Å². The van der Waals surface area contributed by atoms with Gasteiger partial charge in [-0.15, -0.1) is 0 Å². The summed E-state index contributed by atoms with van der Waals surface area (Å²) in [6, 6.07) is 11.8. The first kappa shape index (κ1) is 17.0. The predicted octanol–water partition coefficient (Wildman–Crippen LogP) is 3.88. The van der Waals surface area contributed by atoms with Crippen LogP contribution in [0.5, 0.6) is 5.75 Å². The van der Waals surface area contributed by atoms with Crippen LogP contribution in [0.4, 0.5) is 11.4 Å². The molecule has 0 aliphatic heterocycles. The van der Waals surface area contributed by atoms with Gasteiger partial charge in [-0.2, -0.15) is 0 Å². The number of nitro groups is 1. The molecule has 0 bridgehead atoms. The van der Waals surface area contributed by atoms with E-state index < -0.39 is 11.0 Å². The molecule has 0 heterocycles. The van der Waals surface area contributed by atoms with E-state index in [1.165, 1.54) is 42.2 Å². The molecule has 1 aliphatic rings. The summed E-state index contributed by atoms with van der Waals surface area (Å²) in [6.07, 6.45) is 3.83. The van der Waals surface area contributed by atoms with Gasteiger partial charge < -0.3 is 10.1 Å². The summed E-state index contributed by atoms with van der Waals surface area (Å²) in [4.78, 5) is 22.6. The highest BCUT2D eigenvalue weighted by molar-refractivity contribution is 5.94. The molecule has 0 fully saturated rings. The fourth-order valence-corrected chi connectivity index (χ4v) is 2.98. The lowest BCUT2D eigenvalue weighted by atomic mass is 9.92. The maximum Gasteiger partial charge on any atom is 0.271 e. The van der Waals surface area contributed by atoms with Gasteiger partial charge in [-0.05, 0) is 61.9 Å². The smallest absolute Gasteiger partial charge is 0.271 e. The number of rotatable bonds is 5. The van der Waals surface area contributed by atoms with Crippen molar-refractivity contribution in [2.75, 3.05) is 5.32 Å². The minimum absolute atomic E-state index is 0.0685. The number of fused-ring (bicyclic) bond motifs is 1. The molecule has 6 heteroatoms. The first-order valence-corrected chi connectivity index (χ1v) is 8.37. The number of aryl methyl sites for hydroxylation is 2. The summed E-state index contributed by atoms with van der Waals surface area (Å²) in [6.45, 7) is 1.66. The molecule has 1 amide bonds. The van der Waals surface area contributed by atoms with E-state index in [1.54, 1.807) is 13.0 Å². The van der Waals surface area contributed by atoms with Gasteiger partial charge >= 0.3 is 0 Å². The number of carbonyl (C=O) groups excluding carboxylic acids is 1. The Morgan fingerprint density at radius 1 is 1.16 bits per heavy atom. The van der Waals surface area contributed by atoms with E-state index in [0.717, 1.165) is 12.8 Å². The van der Waals surface area contributed by atoms with Gasteiger partial charge in [-0.25, -0.2) is 0 Å². The second-order valence-electron chi connectivity index (χ2n) is 6.19. The van der Waals surface area contributed by atoms with E-state index in [0.29, 0.717) is 11.4 Å². The van der Waals surface area contributed by atoms with Crippen LogP contribution in [0.2, 0.25) is 0 Å². The van der Waals surface area contributed by atoms with Crippen molar-refractivity contribution in [2.45, 2.75) is 38.7 Å². The number of non-ortho nitro benzene ring substituents is 1. The van der Waals surface area contributed by atoms with Crippen LogP contribution in [0.15, 0.2) is 42.5 Å². The lowest BCUT2D eigenvalue weighted by molar-refractivity contribution is -0.384. The molecule has 6 nitrogen and oxygen atoms in total. The Bertz CT molecular complexity index is 804. The first-order valence-electron chi connectivity index (χ1n) is 8.37. The standard InChI is InChI=1S/C19H20N2O4/c1-13(19(22)20-16-7-4-8-17(12-16)21(23)24)25-18-10-9-14-5-2-3-6-15(14)11-18/h4,7-13H,2-3,5-6H2,1H3,(H,20,22)/t13-/m0/s1. The zero-order chi connectivity index (χ0) is 17.8. The molecule has 130 valence electrons. The number of amides is 1. The Balaban J connectivity index is 1.64. The number of anilines is 1. The quantitative estimate of drug-likeness (QED) is 0.661. The largest absolute Gasteiger partial charge is 0.481 e. The molecule has 2 aromatic carbocycles. The predicted molar refractivity (Wildman–Crippen MR) is 94.9 cm³/mol. The number of ether oxygens (including phenoxy) is 1. The van der Waals surface area contributed by atoms with Crippen LogP contribution in [0, 0.1) is 10.1 Å². The van der Waals surface area contributed by atoms with Crippen molar-refractivity contribution >= 4 is 17.3 Å². The van der Waals surface area contributed by atoms with Crippen LogP contribution in [-0.4, -0.2) is 16.9 Å². The zero-order valence-corrected chi connectivity index (χ0v) is 14.0. The highest BCUT2D eigenvalue weighted by Crippen LogP contribution is 2.26. The third-order valence-corrected chi connectivity index (χ3v) is 4.33. The SMILES string of the molecule is C[C@H](Oc1ccc2c(c1)CCCC2)C(=O)Nc1cccc([N+](=O)[O-])c1. The summed E-state index contributed by atoms with van der Waals surface area (Å²) in [5.74, 6) is 0.320. The molecule has 0 saturated carbocycles.